The molecular weight excluding hydrogens is 564 g/mol. The monoisotopic (exact) mass is 604 g/mol. The lowest BCUT2D eigenvalue weighted by Gasteiger charge is -2.38. The van der Waals surface area contributed by atoms with Crippen LogP contribution in [0.4, 0.5) is 5.69 Å². The summed E-state index contributed by atoms with van der Waals surface area (Å²) < 4.78 is 6.52. The number of nitrogens with zero attached hydrogens (tertiary/aromatic N) is 2. The number of nitrogens with one attached hydrogen (secondary N) is 2. The van der Waals surface area contributed by atoms with Crippen molar-refractivity contribution in [2.75, 3.05) is 25.5 Å². The predicted octanol–water partition coefficient (Wildman–Crippen LogP) is 4.50. The first kappa shape index (κ1) is 29.9. The van der Waals surface area contributed by atoms with Crippen LogP contribution in [0.5, 0.6) is 0 Å². The Morgan fingerprint density at radius 1 is 1.07 bits per heavy atom. The second-order valence-electron chi connectivity index (χ2n) is 12.8. The average Bonchev–Trinajstić information content (AvgIpc) is 3.63. The summed E-state index contributed by atoms with van der Waals surface area (Å²) in [5.41, 5.74) is 0.580. The largest absolute Gasteiger partial charge is 0.359 e. The zero-order valence-electron chi connectivity index (χ0n) is 25.0. The Labute approximate surface area is 258 Å². The van der Waals surface area contributed by atoms with Gasteiger partial charge in [-0.05, 0) is 55.1 Å². The van der Waals surface area contributed by atoms with Gasteiger partial charge in [0.05, 0.1) is 17.9 Å². The van der Waals surface area contributed by atoms with Gasteiger partial charge in [-0.3, -0.25) is 14.4 Å². The summed E-state index contributed by atoms with van der Waals surface area (Å²) in [6.07, 6.45) is 6.28. The smallest absolute Gasteiger partial charge is 0.246 e. The van der Waals surface area contributed by atoms with Crippen LogP contribution in [0.25, 0.3) is 0 Å². The molecule has 1 spiro atoms. The molecule has 8 unspecified atom stereocenters. The zero-order chi connectivity index (χ0) is 30.3. The molecule has 43 heavy (non-hydrogen) atoms. The summed E-state index contributed by atoms with van der Waals surface area (Å²) in [4.78, 5) is 46.0. The van der Waals surface area contributed by atoms with Crippen molar-refractivity contribution in [2.45, 2.75) is 63.4 Å². The molecule has 9 heteroatoms. The summed E-state index contributed by atoms with van der Waals surface area (Å²) in [6.45, 7) is 6.07. The Balaban J connectivity index is 1.26. The van der Waals surface area contributed by atoms with E-state index >= 15 is 0 Å². The summed E-state index contributed by atoms with van der Waals surface area (Å²) in [6, 6.07) is 16.2. The fraction of sp³-hybridized carbons (Fsp3) is 0.500. The lowest BCUT2D eigenvalue weighted by atomic mass is 9.73. The molecule has 1 aliphatic carbocycles. The number of hydrogen-bond acceptors (Lipinski definition) is 5. The van der Waals surface area contributed by atoms with Gasteiger partial charge in [0.15, 0.2) is 0 Å². The standard InChI is InChI=1S/C34H41ClN4O4/c1-21-8-7-11-26(22(21)2)37-32(41)30-34-17-16-27(43-34)28(31(40)36-25-14-12-24(35)13-15-25)29(34)33(42)39(30)19-18-38(3)20-23-9-5-4-6-10-23/h4-6,9-10,12-17,21-22,26-30H,7-8,11,18-20H2,1-3H3,(H,36,40)(H,37,41). The van der Waals surface area contributed by atoms with E-state index in [1.165, 1.54) is 5.56 Å². The number of ether oxygens (including phenoxy) is 1. The SMILES string of the molecule is CC1CCCC(NC(=O)C2N(CCN(C)Cc3ccccc3)C(=O)C3C(C(=O)Nc4ccc(Cl)cc4)C4C=CC32O4)C1C. The molecule has 3 amide bonds. The van der Waals surface area contributed by atoms with Crippen LogP contribution in [0.3, 0.4) is 0 Å². The normalized spacial score (nSPS) is 32.7. The number of carbonyl (C=O) groups excluding carboxylic acids is 3. The third kappa shape index (κ3) is 5.61. The van der Waals surface area contributed by atoms with Gasteiger partial charge in [0.1, 0.15) is 11.6 Å². The molecule has 6 rings (SSSR count). The first-order valence-corrected chi connectivity index (χ1v) is 15.8. The van der Waals surface area contributed by atoms with Gasteiger partial charge in [-0.15, -0.1) is 0 Å². The highest BCUT2D eigenvalue weighted by molar-refractivity contribution is 6.30. The fourth-order valence-electron chi connectivity index (χ4n) is 7.57. The minimum absolute atomic E-state index is 0.0380. The van der Waals surface area contributed by atoms with Crippen molar-refractivity contribution in [3.63, 3.8) is 0 Å². The van der Waals surface area contributed by atoms with Gasteiger partial charge in [-0.1, -0.05) is 80.8 Å². The number of carbonyl (C=O) groups is 3. The summed E-state index contributed by atoms with van der Waals surface area (Å²) >= 11 is 6.03. The lowest BCUT2D eigenvalue weighted by Crippen LogP contribution is -2.58. The van der Waals surface area contributed by atoms with Crippen molar-refractivity contribution in [3.05, 3.63) is 77.3 Å². The van der Waals surface area contributed by atoms with E-state index in [1.54, 1.807) is 29.2 Å². The Morgan fingerprint density at radius 3 is 2.56 bits per heavy atom. The van der Waals surface area contributed by atoms with E-state index in [9.17, 15) is 14.4 Å². The van der Waals surface area contributed by atoms with Gasteiger partial charge in [-0.2, -0.15) is 0 Å². The fourth-order valence-corrected chi connectivity index (χ4v) is 7.69. The van der Waals surface area contributed by atoms with E-state index in [4.69, 9.17) is 16.3 Å². The van der Waals surface area contributed by atoms with Crippen molar-refractivity contribution >= 4 is 35.0 Å². The number of anilines is 1. The van der Waals surface area contributed by atoms with Crippen molar-refractivity contribution in [2.24, 2.45) is 23.7 Å². The van der Waals surface area contributed by atoms with Crippen LogP contribution in [-0.2, 0) is 25.7 Å². The highest BCUT2D eigenvalue weighted by Crippen LogP contribution is 2.55. The van der Waals surface area contributed by atoms with E-state index in [1.807, 2.05) is 37.4 Å². The minimum Gasteiger partial charge on any atom is -0.359 e. The van der Waals surface area contributed by atoms with Crippen molar-refractivity contribution in [3.8, 4) is 0 Å². The maximum absolute atomic E-state index is 14.3. The van der Waals surface area contributed by atoms with Crippen molar-refractivity contribution < 1.29 is 19.1 Å². The number of likely N-dealkylation sites (N-methyl/N-ethyl adjacent to an activating group) is 1. The molecular formula is C34H41ClN4O4. The second kappa shape index (κ2) is 12.1. The van der Waals surface area contributed by atoms with Crippen LogP contribution in [0.15, 0.2) is 66.7 Å². The zero-order valence-corrected chi connectivity index (χ0v) is 25.8. The summed E-state index contributed by atoms with van der Waals surface area (Å²) in [5.74, 6) is -1.39. The molecule has 8 atom stereocenters. The number of fused-ring (bicyclic) bond motifs is 1. The highest BCUT2D eigenvalue weighted by Gasteiger charge is 2.72. The number of benzene rings is 2. The van der Waals surface area contributed by atoms with Crippen LogP contribution < -0.4 is 10.6 Å². The van der Waals surface area contributed by atoms with Gasteiger partial charge in [0.2, 0.25) is 17.7 Å². The van der Waals surface area contributed by atoms with E-state index in [0.717, 1.165) is 25.8 Å². The predicted molar refractivity (Wildman–Crippen MR) is 166 cm³/mol. The molecule has 1 saturated carbocycles. The van der Waals surface area contributed by atoms with Crippen molar-refractivity contribution in [1.82, 2.24) is 15.1 Å². The Morgan fingerprint density at radius 2 is 1.81 bits per heavy atom. The molecule has 0 radical (unpaired) electrons. The van der Waals surface area contributed by atoms with Crippen LogP contribution in [-0.4, -0.2) is 71.4 Å². The second-order valence-corrected chi connectivity index (χ2v) is 13.3. The Hall–Kier alpha value is -3.20. The van der Waals surface area contributed by atoms with Crippen LogP contribution in [0, 0.1) is 23.7 Å². The molecule has 2 bridgehead atoms. The molecule has 4 aliphatic rings. The molecule has 2 aromatic rings. The molecule has 0 aromatic heterocycles. The molecule has 2 N–H and O–H groups in total. The third-order valence-electron chi connectivity index (χ3n) is 10.1. The Kier molecular flexibility index (Phi) is 8.37. The molecule has 3 aliphatic heterocycles. The van der Waals surface area contributed by atoms with Gasteiger partial charge in [0.25, 0.3) is 0 Å². The van der Waals surface area contributed by atoms with Gasteiger partial charge in [-0.25, -0.2) is 0 Å². The number of hydrogen-bond donors (Lipinski definition) is 2. The van der Waals surface area contributed by atoms with Gasteiger partial charge in [0, 0.05) is 36.4 Å². The molecule has 3 heterocycles. The summed E-state index contributed by atoms with van der Waals surface area (Å²) in [7, 11) is 2.01. The van der Waals surface area contributed by atoms with Crippen LogP contribution in [0.2, 0.25) is 5.02 Å². The lowest BCUT2D eigenvalue weighted by molar-refractivity contribution is -0.141. The molecule has 8 nitrogen and oxygen atoms in total. The topological polar surface area (TPSA) is 91.0 Å². The molecule has 2 saturated heterocycles. The van der Waals surface area contributed by atoms with Crippen LogP contribution in [0.1, 0.15) is 38.7 Å². The molecule has 228 valence electrons. The highest BCUT2D eigenvalue weighted by atomic mass is 35.5. The van der Waals surface area contributed by atoms with Gasteiger partial charge < -0.3 is 25.2 Å². The number of rotatable bonds is 9. The van der Waals surface area contributed by atoms with Crippen LogP contribution >= 0.6 is 11.6 Å². The maximum Gasteiger partial charge on any atom is 0.246 e. The average molecular weight is 605 g/mol. The van der Waals surface area contributed by atoms with E-state index in [-0.39, 0.29) is 23.8 Å². The quantitative estimate of drug-likeness (QED) is 0.411. The number of halogens is 1. The number of likely N-dealkylation sites (tertiary alicyclic amines) is 1. The van der Waals surface area contributed by atoms with E-state index in [2.05, 4.69) is 41.5 Å². The van der Waals surface area contributed by atoms with E-state index < -0.39 is 29.6 Å². The first-order chi connectivity index (χ1) is 20.7. The molecule has 3 fully saturated rings. The first-order valence-electron chi connectivity index (χ1n) is 15.4. The van der Waals surface area contributed by atoms with E-state index in [0.29, 0.717) is 35.6 Å². The van der Waals surface area contributed by atoms with Gasteiger partial charge >= 0.3 is 0 Å². The number of amides is 3. The minimum atomic E-state index is -1.19. The van der Waals surface area contributed by atoms with Crippen molar-refractivity contribution in [1.29, 1.82) is 0 Å². The summed E-state index contributed by atoms with van der Waals surface area (Å²) in [5, 5.41) is 6.84. The third-order valence-corrected chi connectivity index (χ3v) is 10.3. The molecule has 2 aromatic carbocycles. The maximum atomic E-state index is 14.3. The Bertz CT molecular complexity index is 1380.